The summed E-state index contributed by atoms with van der Waals surface area (Å²) in [4.78, 5) is 29.1. The van der Waals surface area contributed by atoms with E-state index in [9.17, 15) is 9.59 Å². The number of carbonyl (C=O) groups is 2. The number of carbonyl (C=O) groups excluding carboxylic acids is 2. The second-order valence-corrected chi connectivity index (χ2v) is 7.93. The lowest BCUT2D eigenvalue weighted by molar-refractivity contribution is -0.121. The normalized spacial score (nSPS) is 15.0. The lowest BCUT2D eigenvalue weighted by atomic mass is 10.0. The summed E-state index contributed by atoms with van der Waals surface area (Å²) in [6, 6.07) is 20.8. The third-order valence-corrected chi connectivity index (χ3v) is 5.86. The molecule has 30 heavy (non-hydrogen) atoms. The third kappa shape index (κ3) is 6.42. The van der Waals surface area contributed by atoms with Crippen molar-refractivity contribution in [2.24, 2.45) is 0 Å². The number of anilines is 1. The number of para-hydroxylation sites is 1. The fourth-order valence-corrected chi connectivity index (χ4v) is 4.13. The maximum Gasteiger partial charge on any atom is 0.227 e. The quantitative estimate of drug-likeness (QED) is 0.690. The van der Waals surface area contributed by atoms with Gasteiger partial charge < -0.3 is 15.1 Å². The number of hydrogen-bond acceptors (Lipinski definition) is 3. The van der Waals surface area contributed by atoms with E-state index < -0.39 is 0 Å². The van der Waals surface area contributed by atoms with Crippen molar-refractivity contribution in [3.05, 3.63) is 66.2 Å². The predicted octanol–water partition coefficient (Wildman–Crippen LogP) is 3.64. The molecule has 3 rings (SSSR count). The van der Waals surface area contributed by atoms with Crippen molar-refractivity contribution in [1.82, 2.24) is 10.2 Å². The molecule has 1 aliphatic heterocycles. The SMILES string of the molecule is CNC(=O)CCCC(=O)N(c1ccccc1)C1CCN(CCc2ccccc2)CC1. The third-order valence-electron chi connectivity index (χ3n) is 5.86. The molecule has 0 bridgehead atoms. The van der Waals surface area contributed by atoms with Crippen molar-refractivity contribution in [3.8, 4) is 0 Å². The molecule has 2 aromatic rings. The van der Waals surface area contributed by atoms with Gasteiger partial charge in [0.2, 0.25) is 11.8 Å². The summed E-state index contributed by atoms with van der Waals surface area (Å²) in [5.41, 5.74) is 2.34. The summed E-state index contributed by atoms with van der Waals surface area (Å²) < 4.78 is 0. The van der Waals surface area contributed by atoms with Gasteiger partial charge in [0.15, 0.2) is 0 Å². The standard InChI is InChI=1S/C25H33N3O2/c1-26-24(29)13-8-14-25(30)28(22-11-6-3-7-12-22)23-16-19-27(20-17-23)18-15-21-9-4-2-5-10-21/h2-7,9-12,23H,8,13-20H2,1H3,(H,26,29). The molecule has 5 nitrogen and oxygen atoms in total. The van der Waals surface area contributed by atoms with E-state index in [2.05, 4.69) is 40.5 Å². The lowest BCUT2D eigenvalue weighted by Crippen LogP contribution is -2.48. The molecule has 0 radical (unpaired) electrons. The van der Waals surface area contributed by atoms with E-state index in [1.54, 1.807) is 7.05 Å². The first-order chi connectivity index (χ1) is 14.7. The van der Waals surface area contributed by atoms with Gasteiger partial charge in [-0.25, -0.2) is 0 Å². The van der Waals surface area contributed by atoms with Crippen LogP contribution in [0.3, 0.4) is 0 Å². The van der Waals surface area contributed by atoms with Crippen molar-refractivity contribution in [2.75, 3.05) is 31.6 Å². The fraction of sp³-hybridized carbons (Fsp3) is 0.440. The molecule has 1 aliphatic rings. The fourth-order valence-electron chi connectivity index (χ4n) is 4.13. The summed E-state index contributed by atoms with van der Waals surface area (Å²) in [7, 11) is 1.63. The van der Waals surface area contributed by atoms with Crippen molar-refractivity contribution < 1.29 is 9.59 Å². The molecular weight excluding hydrogens is 374 g/mol. The topological polar surface area (TPSA) is 52.7 Å². The van der Waals surface area contributed by atoms with Crippen LogP contribution in [0.5, 0.6) is 0 Å². The van der Waals surface area contributed by atoms with Crippen molar-refractivity contribution in [3.63, 3.8) is 0 Å². The van der Waals surface area contributed by atoms with Gasteiger partial charge in [0, 0.05) is 51.3 Å². The van der Waals surface area contributed by atoms with Crippen LogP contribution in [0.25, 0.3) is 0 Å². The van der Waals surface area contributed by atoms with Crippen molar-refractivity contribution in [2.45, 2.75) is 44.6 Å². The van der Waals surface area contributed by atoms with Gasteiger partial charge >= 0.3 is 0 Å². The molecule has 0 aliphatic carbocycles. The molecule has 0 unspecified atom stereocenters. The van der Waals surface area contributed by atoms with Crippen LogP contribution in [-0.4, -0.2) is 49.4 Å². The molecule has 0 aromatic heterocycles. The van der Waals surface area contributed by atoms with E-state index in [1.165, 1.54) is 5.56 Å². The summed E-state index contributed by atoms with van der Waals surface area (Å²) in [5, 5.41) is 2.62. The monoisotopic (exact) mass is 407 g/mol. The van der Waals surface area contributed by atoms with Gasteiger partial charge in [0.1, 0.15) is 0 Å². The van der Waals surface area contributed by atoms with E-state index in [0.29, 0.717) is 19.3 Å². The Morgan fingerprint density at radius 2 is 1.60 bits per heavy atom. The Bertz CT molecular complexity index is 787. The zero-order chi connectivity index (χ0) is 21.2. The number of piperidine rings is 1. The Balaban J connectivity index is 1.56. The van der Waals surface area contributed by atoms with Gasteiger partial charge in [0.05, 0.1) is 0 Å². The summed E-state index contributed by atoms with van der Waals surface area (Å²) in [6.07, 6.45) is 4.39. The zero-order valence-corrected chi connectivity index (χ0v) is 17.9. The second-order valence-electron chi connectivity index (χ2n) is 7.93. The minimum atomic E-state index is -0.0132. The van der Waals surface area contributed by atoms with E-state index in [-0.39, 0.29) is 17.9 Å². The highest BCUT2D eigenvalue weighted by atomic mass is 16.2. The molecule has 0 spiro atoms. The Hall–Kier alpha value is -2.66. The van der Waals surface area contributed by atoms with E-state index in [4.69, 9.17) is 0 Å². The number of nitrogens with zero attached hydrogens (tertiary/aromatic N) is 2. The van der Waals surface area contributed by atoms with Crippen molar-refractivity contribution in [1.29, 1.82) is 0 Å². The molecule has 160 valence electrons. The maximum absolute atomic E-state index is 13.1. The Kier molecular flexibility index (Phi) is 8.45. The average Bonchev–Trinajstić information content (AvgIpc) is 2.80. The van der Waals surface area contributed by atoms with Crippen LogP contribution in [0.1, 0.15) is 37.7 Å². The highest BCUT2D eigenvalue weighted by Gasteiger charge is 2.28. The minimum absolute atomic E-state index is 0.0132. The number of benzene rings is 2. The van der Waals surface area contributed by atoms with E-state index in [0.717, 1.165) is 44.6 Å². The predicted molar refractivity (Wildman–Crippen MR) is 121 cm³/mol. The first-order valence-corrected chi connectivity index (χ1v) is 11.0. The van der Waals surface area contributed by atoms with Gasteiger partial charge in [-0.3, -0.25) is 9.59 Å². The number of likely N-dealkylation sites (tertiary alicyclic amines) is 1. The Morgan fingerprint density at radius 3 is 2.23 bits per heavy atom. The molecule has 0 saturated carbocycles. The first-order valence-electron chi connectivity index (χ1n) is 11.0. The molecule has 1 heterocycles. The highest BCUT2D eigenvalue weighted by molar-refractivity contribution is 5.94. The summed E-state index contributed by atoms with van der Waals surface area (Å²) in [6.45, 7) is 3.07. The van der Waals surface area contributed by atoms with Crippen LogP contribution in [0.15, 0.2) is 60.7 Å². The first kappa shape index (κ1) is 22.0. The molecular formula is C25H33N3O2. The van der Waals surface area contributed by atoms with Crippen molar-refractivity contribution >= 4 is 17.5 Å². The molecule has 1 fully saturated rings. The second kappa shape index (κ2) is 11.5. The summed E-state index contributed by atoms with van der Waals surface area (Å²) in [5.74, 6) is 0.105. The van der Waals surface area contributed by atoms with Crippen LogP contribution in [-0.2, 0) is 16.0 Å². The van der Waals surface area contributed by atoms with E-state index >= 15 is 0 Å². The largest absolute Gasteiger partial charge is 0.359 e. The van der Waals surface area contributed by atoms with Crippen LogP contribution >= 0.6 is 0 Å². The summed E-state index contributed by atoms with van der Waals surface area (Å²) >= 11 is 0. The zero-order valence-electron chi connectivity index (χ0n) is 17.9. The molecule has 5 heteroatoms. The number of rotatable bonds is 9. The smallest absolute Gasteiger partial charge is 0.227 e. The van der Waals surface area contributed by atoms with Gasteiger partial charge in [-0.2, -0.15) is 0 Å². The highest BCUT2D eigenvalue weighted by Crippen LogP contribution is 2.25. The van der Waals surface area contributed by atoms with Crippen LogP contribution in [0.2, 0.25) is 0 Å². The van der Waals surface area contributed by atoms with Gasteiger partial charge in [0.25, 0.3) is 0 Å². The minimum Gasteiger partial charge on any atom is -0.359 e. The molecule has 2 amide bonds. The molecule has 1 saturated heterocycles. The van der Waals surface area contributed by atoms with E-state index in [1.807, 2.05) is 35.2 Å². The van der Waals surface area contributed by atoms with Gasteiger partial charge in [-0.05, 0) is 43.4 Å². The number of amides is 2. The maximum atomic E-state index is 13.1. The van der Waals surface area contributed by atoms with Gasteiger partial charge in [-0.1, -0.05) is 48.5 Å². The Morgan fingerprint density at radius 1 is 0.967 bits per heavy atom. The number of hydrogen-bond donors (Lipinski definition) is 1. The molecule has 1 N–H and O–H groups in total. The molecule has 0 atom stereocenters. The Labute approximate surface area is 180 Å². The molecule has 2 aromatic carbocycles. The van der Waals surface area contributed by atoms with Crippen LogP contribution in [0.4, 0.5) is 5.69 Å². The van der Waals surface area contributed by atoms with Crippen LogP contribution in [0, 0.1) is 0 Å². The average molecular weight is 408 g/mol. The lowest BCUT2D eigenvalue weighted by Gasteiger charge is -2.38. The number of nitrogens with one attached hydrogen (secondary N) is 1. The van der Waals surface area contributed by atoms with Gasteiger partial charge in [-0.15, -0.1) is 0 Å². The van der Waals surface area contributed by atoms with Crippen LogP contribution < -0.4 is 10.2 Å².